The second-order valence-corrected chi connectivity index (χ2v) is 7.01. The van der Waals surface area contributed by atoms with Crippen LogP contribution in [0.2, 0.25) is 0 Å². The molecular weight excluding hydrogens is 356 g/mol. The van der Waals surface area contributed by atoms with E-state index in [0.29, 0.717) is 0 Å². The molecule has 0 saturated heterocycles. The van der Waals surface area contributed by atoms with Crippen molar-refractivity contribution in [2.75, 3.05) is 0 Å². The standard InChI is InChI=1S/C13H9ClN6O3S/c14-24(22,23)10-4-2-9(3-5-10)17-18-12-11(8-16)19-20(13(12)21)7-1-6-15/h2-5,19H,1,7H2/b18-17+. The minimum absolute atomic E-state index is 0.0818. The summed E-state index contributed by atoms with van der Waals surface area (Å²) < 4.78 is 23.4. The molecule has 0 radical (unpaired) electrons. The first-order valence-corrected chi connectivity index (χ1v) is 8.74. The maximum absolute atomic E-state index is 12.1. The van der Waals surface area contributed by atoms with E-state index < -0.39 is 14.6 Å². The molecule has 0 amide bonds. The van der Waals surface area contributed by atoms with Gasteiger partial charge in [-0.05, 0) is 24.3 Å². The molecule has 0 fully saturated rings. The van der Waals surface area contributed by atoms with Crippen molar-refractivity contribution in [3.63, 3.8) is 0 Å². The van der Waals surface area contributed by atoms with Gasteiger partial charge in [0.2, 0.25) is 0 Å². The number of aromatic nitrogens is 2. The summed E-state index contributed by atoms with van der Waals surface area (Å²) in [7, 11) is 1.36. The maximum atomic E-state index is 12.1. The van der Waals surface area contributed by atoms with Crippen molar-refractivity contribution in [3.8, 4) is 12.1 Å². The molecule has 9 nitrogen and oxygen atoms in total. The second-order valence-electron chi connectivity index (χ2n) is 4.44. The molecule has 0 aliphatic carbocycles. The molecule has 1 aromatic heterocycles. The van der Waals surface area contributed by atoms with Gasteiger partial charge in [-0.3, -0.25) is 9.89 Å². The van der Waals surface area contributed by atoms with Gasteiger partial charge in [0.15, 0.2) is 11.4 Å². The van der Waals surface area contributed by atoms with E-state index in [2.05, 4.69) is 15.3 Å². The first-order chi connectivity index (χ1) is 11.4. The first-order valence-electron chi connectivity index (χ1n) is 6.43. The van der Waals surface area contributed by atoms with Crippen LogP contribution in [-0.4, -0.2) is 18.2 Å². The summed E-state index contributed by atoms with van der Waals surface area (Å²) in [5.74, 6) is 0. The average molecular weight is 365 g/mol. The Morgan fingerprint density at radius 1 is 1.21 bits per heavy atom. The van der Waals surface area contributed by atoms with Crippen molar-refractivity contribution in [2.24, 2.45) is 10.2 Å². The number of nitrogens with zero attached hydrogens (tertiary/aromatic N) is 5. The molecule has 24 heavy (non-hydrogen) atoms. The zero-order chi connectivity index (χ0) is 17.7. The highest BCUT2D eigenvalue weighted by molar-refractivity contribution is 8.13. The molecule has 1 N–H and O–H groups in total. The van der Waals surface area contributed by atoms with Crippen molar-refractivity contribution in [1.82, 2.24) is 9.78 Å². The van der Waals surface area contributed by atoms with Crippen LogP contribution in [0.3, 0.4) is 0 Å². The van der Waals surface area contributed by atoms with Gasteiger partial charge in [-0.1, -0.05) is 0 Å². The minimum Gasteiger partial charge on any atom is -0.284 e. The molecule has 11 heteroatoms. The summed E-state index contributed by atoms with van der Waals surface area (Å²) in [6.07, 6.45) is 0.0935. The van der Waals surface area contributed by atoms with E-state index in [0.717, 1.165) is 4.68 Å². The molecule has 0 unspecified atom stereocenters. The maximum Gasteiger partial charge on any atom is 0.295 e. The molecule has 2 rings (SSSR count). The van der Waals surface area contributed by atoms with Crippen LogP contribution in [0.15, 0.2) is 44.2 Å². The van der Waals surface area contributed by atoms with Crippen LogP contribution >= 0.6 is 10.7 Å². The van der Waals surface area contributed by atoms with Gasteiger partial charge in [0.05, 0.1) is 29.6 Å². The van der Waals surface area contributed by atoms with E-state index in [1.165, 1.54) is 24.3 Å². The van der Waals surface area contributed by atoms with E-state index in [9.17, 15) is 13.2 Å². The fourth-order valence-electron chi connectivity index (χ4n) is 1.75. The van der Waals surface area contributed by atoms with Crippen LogP contribution in [0.25, 0.3) is 0 Å². The molecule has 0 saturated carbocycles. The summed E-state index contributed by atoms with van der Waals surface area (Å²) in [6, 6.07) is 8.86. The Morgan fingerprint density at radius 2 is 1.88 bits per heavy atom. The van der Waals surface area contributed by atoms with Crippen LogP contribution in [-0.2, 0) is 15.6 Å². The second kappa shape index (κ2) is 7.08. The lowest BCUT2D eigenvalue weighted by Gasteiger charge is -1.95. The average Bonchev–Trinajstić information content (AvgIpc) is 2.86. The number of rotatable bonds is 5. The van der Waals surface area contributed by atoms with Gasteiger partial charge < -0.3 is 0 Å². The first kappa shape index (κ1) is 17.4. The SMILES string of the molecule is N#CCCn1[nH]c(C#N)c(/N=N/c2ccc(S(=O)(=O)Cl)cc2)c1=O. The number of azo groups is 1. The lowest BCUT2D eigenvalue weighted by Crippen LogP contribution is -2.16. The van der Waals surface area contributed by atoms with Crippen LogP contribution in [0.1, 0.15) is 12.1 Å². The molecule has 2 aromatic rings. The summed E-state index contributed by atoms with van der Waals surface area (Å²) in [5, 5.41) is 27.6. The molecule has 0 aliphatic rings. The summed E-state index contributed by atoms with van der Waals surface area (Å²) >= 11 is 0. The zero-order valence-corrected chi connectivity index (χ0v) is 13.5. The van der Waals surface area contributed by atoms with Crippen molar-refractivity contribution in [3.05, 3.63) is 40.3 Å². The topological polar surface area (TPSA) is 144 Å². The fraction of sp³-hybridized carbons (Fsp3) is 0.154. The van der Waals surface area contributed by atoms with Gasteiger partial charge in [0, 0.05) is 10.7 Å². The number of nitriles is 2. The number of hydrogen-bond donors (Lipinski definition) is 1. The van der Waals surface area contributed by atoms with Gasteiger partial charge in [-0.25, -0.2) is 13.1 Å². The molecular formula is C13H9ClN6O3S. The third-order valence-corrected chi connectivity index (χ3v) is 4.24. The van der Waals surface area contributed by atoms with Crippen molar-refractivity contribution >= 4 is 31.1 Å². The Kier molecular flexibility index (Phi) is 5.14. The van der Waals surface area contributed by atoms with Crippen LogP contribution in [0, 0.1) is 22.7 Å². The molecule has 0 aliphatic heterocycles. The van der Waals surface area contributed by atoms with E-state index in [1.54, 1.807) is 6.07 Å². The van der Waals surface area contributed by atoms with E-state index in [-0.39, 0.29) is 34.9 Å². The number of aryl methyl sites for hydroxylation is 1. The van der Waals surface area contributed by atoms with Crippen LogP contribution < -0.4 is 5.56 Å². The third-order valence-electron chi connectivity index (χ3n) is 2.87. The Hall–Kier alpha value is -2.95. The molecule has 1 aromatic carbocycles. The lowest BCUT2D eigenvalue weighted by molar-refractivity contribution is 0.606. The Bertz CT molecular complexity index is 1020. The van der Waals surface area contributed by atoms with Gasteiger partial charge in [0.25, 0.3) is 14.6 Å². The van der Waals surface area contributed by atoms with Crippen LogP contribution in [0.4, 0.5) is 11.4 Å². The van der Waals surface area contributed by atoms with Gasteiger partial charge in [-0.2, -0.15) is 15.6 Å². The lowest BCUT2D eigenvalue weighted by atomic mass is 10.3. The van der Waals surface area contributed by atoms with Gasteiger partial charge in [0.1, 0.15) is 6.07 Å². The predicted octanol–water partition coefficient (Wildman–Crippen LogP) is 2.30. The zero-order valence-electron chi connectivity index (χ0n) is 12.0. The third kappa shape index (κ3) is 3.87. The summed E-state index contributed by atoms with van der Waals surface area (Å²) in [6.45, 7) is 0.0990. The Balaban J connectivity index is 2.32. The van der Waals surface area contributed by atoms with Crippen LogP contribution in [0.5, 0.6) is 0 Å². The Morgan fingerprint density at radius 3 is 2.42 bits per heavy atom. The summed E-state index contributed by atoms with van der Waals surface area (Å²) in [5.41, 5.74) is -0.580. The van der Waals surface area contributed by atoms with Crippen molar-refractivity contribution in [2.45, 2.75) is 17.9 Å². The van der Waals surface area contributed by atoms with E-state index in [1.807, 2.05) is 6.07 Å². The van der Waals surface area contributed by atoms with E-state index in [4.69, 9.17) is 21.2 Å². The number of halogens is 1. The fourth-order valence-corrected chi connectivity index (χ4v) is 2.52. The Labute approximate surface area is 140 Å². The molecule has 122 valence electrons. The molecule has 0 spiro atoms. The van der Waals surface area contributed by atoms with Gasteiger partial charge >= 0.3 is 0 Å². The van der Waals surface area contributed by atoms with E-state index >= 15 is 0 Å². The van der Waals surface area contributed by atoms with Crippen molar-refractivity contribution < 1.29 is 8.42 Å². The number of hydrogen-bond acceptors (Lipinski definition) is 7. The molecule has 0 bridgehead atoms. The number of nitrogens with one attached hydrogen (secondary N) is 1. The monoisotopic (exact) mass is 364 g/mol. The number of aromatic amines is 1. The number of benzene rings is 1. The molecule has 0 atom stereocenters. The quantitative estimate of drug-likeness (QED) is 0.639. The van der Waals surface area contributed by atoms with Crippen molar-refractivity contribution in [1.29, 1.82) is 10.5 Å². The minimum atomic E-state index is -3.84. The number of H-pyrrole nitrogens is 1. The highest BCUT2D eigenvalue weighted by atomic mass is 35.7. The largest absolute Gasteiger partial charge is 0.295 e. The predicted molar refractivity (Wildman–Crippen MR) is 83.7 cm³/mol. The normalized spacial score (nSPS) is 11.3. The summed E-state index contributed by atoms with van der Waals surface area (Å²) in [4.78, 5) is 12.0. The van der Waals surface area contributed by atoms with Gasteiger partial charge in [-0.15, -0.1) is 5.11 Å². The smallest absolute Gasteiger partial charge is 0.284 e. The highest BCUT2D eigenvalue weighted by Gasteiger charge is 2.14. The highest BCUT2D eigenvalue weighted by Crippen LogP contribution is 2.21. The molecule has 1 heterocycles.